The van der Waals surface area contributed by atoms with E-state index in [9.17, 15) is 8.78 Å². The standard InChI is InChI=1S/C11H13ClF2N2O/c12-9-5-7(16-8-3-6(15)4-8)1-2-10(9)17-11(13)14/h1-2,5-6,8,11,16H,3-4,15H2. The van der Waals surface area contributed by atoms with Crippen LogP contribution in [0.4, 0.5) is 14.5 Å². The van der Waals surface area contributed by atoms with Crippen molar-refractivity contribution in [2.24, 2.45) is 5.73 Å². The summed E-state index contributed by atoms with van der Waals surface area (Å²) in [5.41, 5.74) is 6.45. The fraction of sp³-hybridized carbons (Fsp3) is 0.455. The molecule has 1 aromatic rings. The Bertz CT molecular complexity index is 397. The van der Waals surface area contributed by atoms with Crippen molar-refractivity contribution < 1.29 is 13.5 Å². The Kier molecular flexibility index (Phi) is 3.69. The molecule has 0 spiro atoms. The number of anilines is 1. The first-order valence-electron chi connectivity index (χ1n) is 5.31. The number of benzene rings is 1. The Hall–Kier alpha value is -1.07. The van der Waals surface area contributed by atoms with E-state index in [1.165, 1.54) is 6.07 Å². The van der Waals surface area contributed by atoms with Crippen molar-refractivity contribution in [3.8, 4) is 5.75 Å². The summed E-state index contributed by atoms with van der Waals surface area (Å²) in [5.74, 6) is -0.0162. The first kappa shape index (κ1) is 12.4. The van der Waals surface area contributed by atoms with Crippen LogP contribution in [0, 0.1) is 0 Å². The van der Waals surface area contributed by atoms with Gasteiger partial charge in [-0.1, -0.05) is 11.6 Å². The highest BCUT2D eigenvalue weighted by atomic mass is 35.5. The van der Waals surface area contributed by atoms with E-state index < -0.39 is 6.61 Å². The van der Waals surface area contributed by atoms with Crippen LogP contribution in [0.1, 0.15) is 12.8 Å². The van der Waals surface area contributed by atoms with Gasteiger partial charge < -0.3 is 15.8 Å². The number of alkyl halides is 2. The van der Waals surface area contributed by atoms with Gasteiger partial charge in [0.1, 0.15) is 5.75 Å². The molecule has 2 rings (SSSR count). The van der Waals surface area contributed by atoms with Crippen LogP contribution in [0.15, 0.2) is 18.2 Å². The zero-order valence-corrected chi connectivity index (χ0v) is 9.75. The number of halogens is 3. The van der Waals surface area contributed by atoms with Crippen LogP contribution in [0.5, 0.6) is 5.75 Å². The predicted octanol–water partition coefficient (Wildman–Crippen LogP) is 2.84. The van der Waals surface area contributed by atoms with E-state index in [1.807, 2.05) is 0 Å². The molecule has 1 aromatic carbocycles. The molecule has 0 atom stereocenters. The number of rotatable bonds is 4. The van der Waals surface area contributed by atoms with E-state index >= 15 is 0 Å². The van der Waals surface area contributed by atoms with Crippen molar-refractivity contribution in [2.75, 3.05) is 5.32 Å². The maximum Gasteiger partial charge on any atom is 0.387 e. The summed E-state index contributed by atoms with van der Waals surface area (Å²) in [5, 5.41) is 3.39. The second-order valence-electron chi connectivity index (χ2n) is 4.10. The third kappa shape index (κ3) is 3.20. The summed E-state index contributed by atoms with van der Waals surface area (Å²) in [6, 6.07) is 5.25. The van der Waals surface area contributed by atoms with Crippen LogP contribution in [0.25, 0.3) is 0 Å². The smallest absolute Gasteiger partial charge is 0.387 e. The summed E-state index contributed by atoms with van der Waals surface area (Å²) < 4.78 is 28.3. The van der Waals surface area contributed by atoms with Crippen LogP contribution in [0.2, 0.25) is 5.02 Å². The second-order valence-corrected chi connectivity index (χ2v) is 4.50. The van der Waals surface area contributed by atoms with Crippen molar-refractivity contribution in [1.29, 1.82) is 0 Å². The van der Waals surface area contributed by atoms with E-state index in [2.05, 4.69) is 10.1 Å². The van der Waals surface area contributed by atoms with Crippen molar-refractivity contribution in [3.63, 3.8) is 0 Å². The van der Waals surface area contributed by atoms with Gasteiger partial charge in [0.25, 0.3) is 0 Å². The fourth-order valence-electron chi connectivity index (χ4n) is 1.80. The molecule has 0 heterocycles. The van der Waals surface area contributed by atoms with Gasteiger partial charge in [0.05, 0.1) is 5.02 Å². The average Bonchev–Trinajstić information content (AvgIpc) is 2.19. The molecule has 1 fully saturated rings. The van der Waals surface area contributed by atoms with Crippen LogP contribution in [0.3, 0.4) is 0 Å². The third-order valence-corrected chi connectivity index (χ3v) is 2.99. The zero-order valence-electron chi connectivity index (χ0n) is 9.00. The van der Waals surface area contributed by atoms with Crippen molar-refractivity contribution in [1.82, 2.24) is 0 Å². The molecule has 0 radical (unpaired) electrons. The SMILES string of the molecule is NC1CC(Nc2ccc(OC(F)F)c(Cl)c2)C1. The van der Waals surface area contributed by atoms with Gasteiger partial charge in [-0.3, -0.25) is 0 Å². The minimum atomic E-state index is -2.86. The molecule has 94 valence electrons. The summed E-state index contributed by atoms with van der Waals surface area (Å²) in [4.78, 5) is 0. The Morgan fingerprint density at radius 2 is 2.12 bits per heavy atom. The van der Waals surface area contributed by atoms with E-state index in [1.54, 1.807) is 12.1 Å². The predicted molar refractivity (Wildman–Crippen MR) is 62.7 cm³/mol. The van der Waals surface area contributed by atoms with E-state index in [4.69, 9.17) is 17.3 Å². The molecule has 3 N–H and O–H groups in total. The monoisotopic (exact) mass is 262 g/mol. The van der Waals surface area contributed by atoms with Crippen molar-refractivity contribution in [3.05, 3.63) is 23.2 Å². The molecule has 0 unspecified atom stereocenters. The highest BCUT2D eigenvalue weighted by Gasteiger charge is 2.25. The number of hydrogen-bond donors (Lipinski definition) is 2. The minimum absolute atomic E-state index is 0.0162. The highest BCUT2D eigenvalue weighted by molar-refractivity contribution is 6.32. The molecule has 0 aliphatic heterocycles. The molecule has 0 amide bonds. The van der Waals surface area contributed by atoms with Gasteiger partial charge >= 0.3 is 6.61 Å². The molecule has 1 saturated carbocycles. The quantitative estimate of drug-likeness (QED) is 0.877. The average molecular weight is 263 g/mol. The first-order valence-corrected chi connectivity index (χ1v) is 5.69. The lowest BCUT2D eigenvalue weighted by atomic mass is 9.87. The molecule has 1 aliphatic carbocycles. The van der Waals surface area contributed by atoms with Gasteiger partial charge in [-0.25, -0.2) is 0 Å². The number of ether oxygens (including phenoxy) is 1. The fourth-order valence-corrected chi connectivity index (χ4v) is 2.02. The molecule has 3 nitrogen and oxygen atoms in total. The molecular weight excluding hydrogens is 250 g/mol. The molecule has 1 aliphatic rings. The van der Waals surface area contributed by atoms with Gasteiger partial charge in [0.15, 0.2) is 0 Å². The highest BCUT2D eigenvalue weighted by Crippen LogP contribution is 2.30. The van der Waals surface area contributed by atoms with Crippen LogP contribution in [-0.4, -0.2) is 18.7 Å². The van der Waals surface area contributed by atoms with Gasteiger partial charge in [0.2, 0.25) is 0 Å². The lowest BCUT2D eigenvalue weighted by Gasteiger charge is -2.33. The largest absolute Gasteiger partial charge is 0.433 e. The normalized spacial score (nSPS) is 23.4. The van der Waals surface area contributed by atoms with Gasteiger partial charge in [-0.15, -0.1) is 0 Å². The Morgan fingerprint density at radius 3 is 2.65 bits per heavy atom. The van der Waals surface area contributed by atoms with Gasteiger partial charge in [0, 0.05) is 17.8 Å². The maximum atomic E-state index is 12.0. The summed E-state index contributed by atoms with van der Waals surface area (Å²) in [6.45, 7) is -2.86. The van der Waals surface area contributed by atoms with Crippen LogP contribution < -0.4 is 15.8 Å². The zero-order chi connectivity index (χ0) is 12.4. The summed E-state index contributed by atoms with van der Waals surface area (Å²) in [6.07, 6.45) is 1.82. The van der Waals surface area contributed by atoms with E-state index in [0.717, 1.165) is 18.5 Å². The lowest BCUT2D eigenvalue weighted by molar-refractivity contribution is -0.0497. The molecular formula is C11H13ClF2N2O. The van der Waals surface area contributed by atoms with E-state index in [-0.39, 0.29) is 16.8 Å². The lowest BCUT2D eigenvalue weighted by Crippen LogP contribution is -2.44. The van der Waals surface area contributed by atoms with Gasteiger partial charge in [-0.2, -0.15) is 8.78 Å². The molecule has 0 saturated heterocycles. The third-order valence-electron chi connectivity index (χ3n) is 2.69. The summed E-state index contributed by atoms with van der Waals surface area (Å²) >= 11 is 5.82. The van der Waals surface area contributed by atoms with E-state index in [0.29, 0.717) is 6.04 Å². The Morgan fingerprint density at radius 1 is 1.41 bits per heavy atom. The van der Waals surface area contributed by atoms with Crippen molar-refractivity contribution >= 4 is 17.3 Å². The molecule has 6 heteroatoms. The van der Waals surface area contributed by atoms with Gasteiger partial charge in [-0.05, 0) is 31.0 Å². The van der Waals surface area contributed by atoms with Crippen molar-refractivity contribution in [2.45, 2.75) is 31.5 Å². The maximum absolute atomic E-state index is 12.0. The topological polar surface area (TPSA) is 47.3 Å². The van der Waals surface area contributed by atoms with Crippen LogP contribution in [-0.2, 0) is 0 Å². The molecule has 0 bridgehead atoms. The molecule has 17 heavy (non-hydrogen) atoms. The number of nitrogens with two attached hydrogens (primary N) is 1. The second kappa shape index (κ2) is 5.06. The van der Waals surface area contributed by atoms with Crippen LogP contribution >= 0.6 is 11.6 Å². The first-order chi connectivity index (χ1) is 8.04. The molecule has 0 aromatic heterocycles. The number of hydrogen-bond acceptors (Lipinski definition) is 3. The summed E-state index contributed by atoms with van der Waals surface area (Å²) in [7, 11) is 0. The minimum Gasteiger partial charge on any atom is -0.433 e. The Balaban J connectivity index is 1.98. The Labute approximate surface area is 103 Å². The number of nitrogens with one attached hydrogen (secondary N) is 1.